The second-order valence-corrected chi connectivity index (χ2v) is 6.84. The van der Waals surface area contributed by atoms with Crippen LogP contribution in [0.2, 0.25) is 0 Å². The van der Waals surface area contributed by atoms with Crippen molar-refractivity contribution in [2.45, 2.75) is 38.2 Å². The molecule has 0 aliphatic carbocycles. The first-order valence-electron chi connectivity index (χ1n) is 7.29. The molecule has 112 valence electrons. The minimum atomic E-state index is -0.565. The lowest BCUT2D eigenvalue weighted by molar-refractivity contribution is -0.122. The van der Waals surface area contributed by atoms with Gasteiger partial charge >= 0.3 is 0 Å². The number of rotatable bonds is 5. The van der Waals surface area contributed by atoms with E-state index in [9.17, 15) is 9.90 Å². The molecular formula is C15H24N2O2S. The maximum absolute atomic E-state index is 11.9. The van der Waals surface area contributed by atoms with Gasteiger partial charge in [-0.3, -0.25) is 9.69 Å². The molecule has 2 rings (SSSR count). The number of carbonyl (C=O) groups is 1. The summed E-state index contributed by atoms with van der Waals surface area (Å²) in [6.45, 7) is 4.73. The molecule has 2 N–H and O–H groups in total. The van der Waals surface area contributed by atoms with Crippen LogP contribution in [-0.2, 0) is 11.2 Å². The SMILES string of the molecule is CC1(O)CCCN(CC(=O)NCCc2cccs2)CC1. The Morgan fingerprint density at radius 2 is 2.35 bits per heavy atom. The van der Waals surface area contributed by atoms with Crippen LogP contribution in [0, 0.1) is 0 Å². The molecule has 4 nitrogen and oxygen atoms in total. The van der Waals surface area contributed by atoms with E-state index in [0.717, 1.165) is 38.8 Å². The molecule has 0 spiro atoms. The van der Waals surface area contributed by atoms with Crippen molar-refractivity contribution in [2.24, 2.45) is 0 Å². The van der Waals surface area contributed by atoms with Crippen LogP contribution in [0.1, 0.15) is 31.1 Å². The molecule has 1 aromatic rings. The number of hydrogen-bond donors (Lipinski definition) is 2. The lowest BCUT2D eigenvalue weighted by Crippen LogP contribution is -2.39. The quantitative estimate of drug-likeness (QED) is 0.868. The zero-order valence-corrected chi connectivity index (χ0v) is 12.9. The molecule has 0 radical (unpaired) electrons. The molecule has 0 saturated carbocycles. The third-order valence-electron chi connectivity index (χ3n) is 3.80. The van der Waals surface area contributed by atoms with Gasteiger partial charge in [-0.15, -0.1) is 11.3 Å². The van der Waals surface area contributed by atoms with Crippen LogP contribution >= 0.6 is 11.3 Å². The summed E-state index contributed by atoms with van der Waals surface area (Å²) in [5.41, 5.74) is -0.565. The Bertz CT molecular complexity index is 418. The molecule has 1 aromatic heterocycles. The first-order valence-corrected chi connectivity index (χ1v) is 8.17. The van der Waals surface area contributed by atoms with Crippen LogP contribution in [0.3, 0.4) is 0 Å². The molecular weight excluding hydrogens is 272 g/mol. The smallest absolute Gasteiger partial charge is 0.234 e. The van der Waals surface area contributed by atoms with E-state index < -0.39 is 5.60 Å². The average molecular weight is 296 g/mol. The molecule has 1 amide bonds. The Labute approximate surface area is 124 Å². The van der Waals surface area contributed by atoms with Crippen molar-refractivity contribution in [1.29, 1.82) is 0 Å². The van der Waals surface area contributed by atoms with E-state index in [1.807, 2.05) is 13.0 Å². The van der Waals surface area contributed by atoms with Gasteiger partial charge in [-0.2, -0.15) is 0 Å². The van der Waals surface area contributed by atoms with Crippen molar-refractivity contribution in [3.63, 3.8) is 0 Å². The molecule has 1 unspecified atom stereocenters. The fourth-order valence-corrected chi connectivity index (χ4v) is 3.23. The Morgan fingerprint density at radius 3 is 3.10 bits per heavy atom. The minimum Gasteiger partial charge on any atom is -0.390 e. The predicted molar refractivity (Wildman–Crippen MR) is 81.9 cm³/mol. The summed E-state index contributed by atoms with van der Waals surface area (Å²) in [4.78, 5) is 15.3. The predicted octanol–water partition coefficient (Wildman–Crippen LogP) is 1.64. The number of thiophene rings is 1. The van der Waals surface area contributed by atoms with Crippen molar-refractivity contribution in [3.8, 4) is 0 Å². The van der Waals surface area contributed by atoms with Crippen LogP contribution in [0.15, 0.2) is 17.5 Å². The Morgan fingerprint density at radius 1 is 1.50 bits per heavy atom. The molecule has 0 bridgehead atoms. The number of hydrogen-bond acceptors (Lipinski definition) is 4. The fraction of sp³-hybridized carbons (Fsp3) is 0.667. The van der Waals surface area contributed by atoms with Gasteiger partial charge in [0.1, 0.15) is 0 Å². The van der Waals surface area contributed by atoms with Crippen molar-refractivity contribution in [3.05, 3.63) is 22.4 Å². The van der Waals surface area contributed by atoms with Gasteiger partial charge in [0, 0.05) is 18.0 Å². The molecule has 5 heteroatoms. The van der Waals surface area contributed by atoms with Crippen molar-refractivity contribution in [2.75, 3.05) is 26.2 Å². The van der Waals surface area contributed by atoms with Gasteiger partial charge in [0.2, 0.25) is 5.91 Å². The molecule has 0 aromatic carbocycles. The summed E-state index contributed by atoms with van der Waals surface area (Å²) in [6, 6.07) is 4.12. The van der Waals surface area contributed by atoms with Crippen LogP contribution in [0.4, 0.5) is 0 Å². The maximum atomic E-state index is 11.9. The maximum Gasteiger partial charge on any atom is 0.234 e. The van der Waals surface area contributed by atoms with Crippen LogP contribution in [0.5, 0.6) is 0 Å². The second-order valence-electron chi connectivity index (χ2n) is 5.81. The van der Waals surface area contributed by atoms with Crippen LogP contribution in [-0.4, -0.2) is 47.7 Å². The molecule has 2 heterocycles. The molecule has 1 fully saturated rings. The van der Waals surface area contributed by atoms with Gasteiger partial charge in [-0.25, -0.2) is 0 Å². The van der Waals surface area contributed by atoms with Crippen LogP contribution in [0.25, 0.3) is 0 Å². The van der Waals surface area contributed by atoms with Crippen molar-refractivity contribution in [1.82, 2.24) is 10.2 Å². The van der Waals surface area contributed by atoms with Crippen molar-refractivity contribution < 1.29 is 9.90 Å². The third kappa shape index (κ3) is 5.23. The normalized spacial score (nSPS) is 24.3. The topological polar surface area (TPSA) is 52.6 Å². The molecule has 1 saturated heterocycles. The average Bonchev–Trinajstić information content (AvgIpc) is 2.83. The van der Waals surface area contributed by atoms with Gasteiger partial charge in [0.25, 0.3) is 0 Å². The summed E-state index contributed by atoms with van der Waals surface area (Å²) in [7, 11) is 0. The number of carbonyl (C=O) groups excluding carboxylic acids is 1. The molecule has 1 aliphatic heterocycles. The van der Waals surface area contributed by atoms with Gasteiger partial charge in [0.05, 0.1) is 12.1 Å². The van der Waals surface area contributed by atoms with Gasteiger partial charge in [0.15, 0.2) is 0 Å². The van der Waals surface area contributed by atoms with E-state index in [1.165, 1.54) is 4.88 Å². The highest BCUT2D eigenvalue weighted by atomic mass is 32.1. The highest BCUT2D eigenvalue weighted by Crippen LogP contribution is 2.20. The van der Waals surface area contributed by atoms with Gasteiger partial charge < -0.3 is 10.4 Å². The van der Waals surface area contributed by atoms with E-state index in [4.69, 9.17) is 0 Å². The van der Waals surface area contributed by atoms with E-state index >= 15 is 0 Å². The lowest BCUT2D eigenvalue weighted by Gasteiger charge is -2.22. The number of nitrogens with one attached hydrogen (secondary N) is 1. The lowest BCUT2D eigenvalue weighted by atomic mass is 9.98. The van der Waals surface area contributed by atoms with E-state index in [2.05, 4.69) is 21.7 Å². The molecule has 1 aliphatic rings. The van der Waals surface area contributed by atoms with Crippen molar-refractivity contribution >= 4 is 17.2 Å². The monoisotopic (exact) mass is 296 g/mol. The zero-order valence-electron chi connectivity index (χ0n) is 12.1. The molecule has 1 atom stereocenters. The van der Waals surface area contributed by atoms with E-state index in [-0.39, 0.29) is 5.91 Å². The van der Waals surface area contributed by atoms with Gasteiger partial charge in [-0.05, 0) is 50.6 Å². The van der Waals surface area contributed by atoms with Crippen LogP contribution < -0.4 is 5.32 Å². The summed E-state index contributed by atoms with van der Waals surface area (Å²) in [5.74, 6) is 0.0862. The third-order valence-corrected chi connectivity index (χ3v) is 4.73. The highest BCUT2D eigenvalue weighted by Gasteiger charge is 2.25. The number of aliphatic hydroxyl groups is 1. The summed E-state index contributed by atoms with van der Waals surface area (Å²) in [5, 5.41) is 15.1. The second kappa shape index (κ2) is 7.20. The summed E-state index contributed by atoms with van der Waals surface area (Å²) < 4.78 is 0. The Balaban J connectivity index is 1.66. The Hall–Kier alpha value is -0.910. The highest BCUT2D eigenvalue weighted by molar-refractivity contribution is 7.09. The largest absolute Gasteiger partial charge is 0.390 e. The Kier molecular flexibility index (Phi) is 5.57. The minimum absolute atomic E-state index is 0.0862. The standard InChI is InChI=1S/C15H24N2O2S/c1-15(19)6-3-9-17(10-7-15)12-14(18)16-8-5-13-4-2-11-20-13/h2,4,11,19H,3,5-10,12H2,1H3,(H,16,18). The summed E-state index contributed by atoms with van der Waals surface area (Å²) in [6.07, 6.45) is 3.42. The number of likely N-dealkylation sites (tertiary alicyclic amines) is 1. The number of nitrogens with zero attached hydrogens (tertiary/aromatic N) is 1. The first kappa shape index (κ1) is 15.5. The van der Waals surface area contributed by atoms with Gasteiger partial charge in [-0.1, -0.05) is 6.07 Å². The summed E-state index contributed by atoms with van der Waals surface area (Å²) >= 11 is 1.72. The van der Waals surface area contributed by atoms with E-state index in [1.54, 1.807) is 11.3 Å². The fourth-order valence-electron chi connectivity index (χ4n) is 2.52. The zero-order chi connectivity index (χ0) is 14.4. The van der Waals surface area contributed by atoms with E-state index in [0.29, 0.717) is 13.1 Å². The first-order chi connectivity index (χ1) is 9.55. The molecule has 20 heavy (non-hydrogen) atoms. The number of amides is 1.